The van der Waals surface area contributed by atoms with Crippen molar-refractivity contribution in [3.05, 3.63) is 23.3 Å². The van der Waals surface area contributed by atoms with Crippen LogP contribution in [0, 0.1) is 5.92 Å². The third-order valence-electron chi connectivity index (χ3n) is 6.27. The average Bonchev–Trinajstić information content (AvgIpc) is 2.72. The molecule has 0 aromatic heterocycles. The van der Waals surface area contributed by atoms with Crippen LogP contribution < -0.4 is 15.2 Å². The van der Waals surface area contributed by atoms with E-state index in [1.54, 1.807) is 14.2 Å². The van der Waals surface area contributed by atoms with E-state index < -0.39 is 6.04 Å². The lowest BCUT2D eigenvalue weighted by molar-refractivity contribution is -0.143. The Labute approximate surface area is 174 Å². The standard InChI is InChI=1S/C21H32N2O4.ClH/c1-5-14(2)19(22)20(24)23-9-7-21(8-10-23)16-13-18(26-4)17(25-3)12-15(16)6-11-27-21;/h12-14,19H,5-11,22H2,1-4H3;1H/t14-,19-;/m0./s1. The van der Waals surface area contributed by atoms with E-state index in [4.69, 9.17) is 19.9 Å². The zero-order chi connectivity index (χ0) is 19.6. The van der Waals surface area contributed by atoms with Crippen LogP contribution in [-0.2, 0) is 21.6 Å². The van der Waals surface area contributed by atoms with Gasteiger partial charge in [-0.25, -0.2) is 0 Å². The van der Waals surface area contributed by atoms with Crippen LogP contribution in [0.3, 0.4) is 0 Å². The zero-order valence-electron chi connectivity index (χ0n) is 17.3. The van der Waals surface area contributed by atoms with E-state index in [1.807, 2.05) is 11.8 Å². The SMILES string of the molecule is CC[C@H](C)[C@H](N)C(=O)N1CCC2(CC1)OCCc1cc(OC)c(OC)cc12.Cl. The van der Waals surface area contributed by atoms with Crippen molar-refractivity contribution in [2.75, 3.05) is 33.9 Å². The molecule has 3 rings (SSSR count). The quantitative estimate of drug-likeness (QED) is 0.804. The third-order valence-corrected chi connectivity index (χ3v) is 6.27. The molecule has 1 spiro atoms. The van der Waals surface area contributed by atoms with Gasteiger partial charge in [-0.15, -0.1) is 12.4 Å². The highest BCUT2D eigenvalue weighted by molar-refractivity contribution is 5.85. The molecular formula is C21H33ClN2O4. The van der Waals surface area contributed by atoms with Crippen LogP contribution in [0.5, 0.6) is 11.5 Å². The van der Waals surface area contributed by atoms with Crippen molar-refractivity contribution in [3.63, 3.8) is 0 Å². The van der Waals surface area contributed by atoms with Gasteiger partial charge in [-0.2, -0.15) is 0 Å². The number of rotatable bonds is 5. The van der Waals surface area contributed by atoms with Crippen molar-refractivity contribution in [1.29, 1.82) is 0 Å². The molecule has 0 radical (unpaired) electrons. The number of nitrogens with zero attached hydrogens (tertiary/aromatic N) is 1. The van der Waals surface area contributed by atoms with Crippen LogP contribution in [0.1, 0.15) is 44.2 Å². The van der Waals surface area contributed by atoms with E-state index >= 15 is 0 Å². The molecule has 0 saturated carbocycles. The van der Waals surface area contributed by atoms with Gasteiger partial charge in [0.2, 0.25) is 5.91 Å². The molecule has 2 aliphatic rings. The summed E-state index contributed by atoms with van der Waals surface area (Å²) < 4.78 is 17.3. The summed E-state index contributed by atoms with van der Waals surface area (Å²) in [5.74, 6) is 1.72. The van der Waals surface area contributed by atoms with Gasteiger partial charge in [-0.05, 0) is 48.4 Å². The molecule has 1 amide bonds. The summed E-state index contributed by atoms with van der Waals surface area (Å²) in [6.45, 7) is 6.11. The number of amides is 1. The Bertz CT molecular complexity index is 689. The van der Waals surface area contributed by atoms with Gasteiger partial charge in [0.25, 0.3) is 0 Å². The number of hydrogen-bond donors (Lipinski definition) is 1. The highest BCUT2D eigenvalue weighted by Crippen LogP contribution is 2.45. The molecule has 28 heavy (non-hydrogen) atoms. The number of piperidine rings is 1. The number of ether oxygens (including phenoxy) is 3. The molecule has 1 saturated heterocycles. The van der Waals surface area contributed by atoms with Gasteiger partial charge in [-0.3, -0.25) is 4.79 Å². The first-order chi connectivity index (χ1) is 13.0. The number of hydrogen-bond acceptors (Lipinski definition) is 5. The first-order valence-corrected chi connectivity index (χ1v) is 9.89. The Kier molecular flexibility index (Phi) is 7.59. The molecule has 6 nitrogen and oxygen atoms in total. The predicted octanol–water partition coefficient (Wildman–Crippen LogP) is 2.89. The van der Waals surface area contributed by atoms with Gasteiger partial charge in [0, 0.05) is 13.1 Å². The topological polar surface area (TPSA) is 74.0 Å². The third kappa shape index (κ3) is 4.09. The summed E-state index contributed by atoms with van der Waals surface area (Å²) in [5, 5.41) is 0. The normalized spacial score (nSPS) is 20.0. The Hall–Kier alpha value is -1.50. The van der Waals surface area contributed by atoms with E-state index in [0.717, 1.165) is 37.2 Å². The van der Waals surface area contributed by atoms with Crippen molar-refractivity contribution in [2.45, 2.75) is 51.2 Å². The minimum atomic E-state index is -0.423. The van der Waals surface area contributed by atoms with Gasteiger partial charge in [0.05, 0.1) is 32.5 Å². The lowest BCUT2D eigenvalue weighted by Gasteiger charge is -2.45. The molecule has 2 N–H and O–H groups in total. The Morgan fingerprint density at radius 2 is 1.86 bits per heavy atom. The fraction of sp³-hybridized carbons (Fsp3) is 0.667. The smallest absolute Gasteiger partial charge is 0.239 e. The second-order valence-corrected chi connectivity index (χ2v) is 7.69. The van der Waals surface area contributed by atoms with Gasteiger partial charge in [0.15, 0.2) is 11.5 Å². The van der Waals surface area contributed by atoms with Crippen LogP contribution >= 0.6 is 12.4 Å². The van der Waals surface area contributed by atoms with Crippen molar-refractivity contribution >= 4 is 18.3 Å². The van der Waals surface area contributed by atoms with Crippen molar-refractivity contribution in [3.8, 4) is 11.5 Å². The lowest BCUT2D eigenvalue weighted by Crippen LogP contribution is -2.53. The number of nitrogens with two attached hydrogens (primary N) is 1. The predicted molar refractivity (Wildman–Crippen MR) is 111 cm³/mol. The number of likely N-dealkylation sites (tertiary alicyclic amines) is 1. The summed E-state index contributed by atoms with van der Waals surface area (Å²) in [6, 6.07) is 3.69. The number of methoxy groups -OCH3 is 2. The molecule has 0 aliphatic carbocycles. The molecule has 0 bridgehead atoms. The summed E-state index contributed by atoms with van der Waals surface area (Å²) in [4.78, 5) is 14.6. The molecule has 158 valence electrons. The minimum Gasteiger partial charge on any atom is -0.493 e. The van der Waals surface area contributed by atoms with Crippen molar-refractivity contribution in [1.82, 2.24) is 4.90 Å². The van der Waals surface area contributed by atoms with Gasteiger partial charge in [0.1, 0.15) is 0 Å². The molecule has 2 heterocycles. The Balaban J connectivity index is 0.00000280. The van der Waals surface area contributed by atoms with E-state index in [-0.39, 0.29) is 29.8 Å². The molecular weight excluding hydrogens is 380 g/mol. The van der Waals surface area contributed by atoms with E-state index in [1.165, 1.54) is 11.1 Å². The number of carbonyl (C=O) groups excluding carboxylic acids is 1. The first-order valence-electron chi connectivity index (χ1n) is 9.89. The fourth-order valence-electron chi connectivity index (χ4n) is 4.20. The monoisotopic (exact) mass is 412 g/mol. The van der Waals surface area contributed by atoms with E-state index in [9.17, 15) is 4.79 Å². The van der Waals surface area contributed by atoms with Gasteiger partial charge < -0.3 is 24.8 Å². The van der Waals surface area contributed by atoms with Crippen LogP contribution in [0.25, 0.3) is 0 Å². The van der Waals surface area contributed by atoms with E-state index in [2.05, 4.69) is 19.1 Å². The highest BCUT2D eigenvalue weighted by Gasteiger charge is 2.43. The van der Waals surface area contributed by atoms with Crippen LogP contribution in [0.15, 0.2) is 12.1 Å². The average molecular weight is 413 g/mol. The summed E-state index contributed by atoms with van der Waals surface area (Å²) in [6.07, 6.45) is 3.31. The number of fused-ring (bicyclic) bond motifs is 2. The molecule has 2 aliphatic heterocycles. The first kappa shape index (κ1) is 22.8. The number of halogens is 1. The maximum atomic E-state index is 12.7. The maximum absolute atomic E-state index is 12.7. The van der Waals surface area contributed by atoms with E-state index in [0.29, 0.717) is 19.7 Å². The zero-order valence-corrected chi connectivity index (χ0v) is 18.1. The van der Waals surface area contributed by atoms with Crippen LogP contribution in [0.4, 0.5) is 0 Å². The summed E-state index contributed by atoms with van der Waals surface area (Å²) in [5.41, 5.74) is 8.23. The lowest BCUT2D eigenvalue weighted by atomic mass is 9.79. The molecule has 1 aromatic rings. The number of benzene rings is 1. The second-order valence-electron chi connectivity index (χ2n) is 7.69. The van der Waals surface area contributed by atoms with Gasteiger partial charge in [-0.1, -0.05) is 20.3 Å². The summed E-state index contributed by atoms with van der Waals surface area (Å²) >= 11 is 0. The van der Waals surface area contributed by atoms with Crippen molar-refractivity contribution in [2.24, 2.45) is 11.7 Å². The fourth-order valence-corrected chi connectivity index (χ4v) is 4.20. The molecule has 0 unspecified atom stereocenters. The summed E-state index contributed by atoms with van der Waals surface area (Å²) in [7, 11) is 3.31. The van der Waals surface area contributed by atoms with Gasteiger partial charge >= 0.3 is 0 Å². The Morgan fingerprint density at radius 3 is 2.43 bits per heavy atom. The van der Waals surface area contributed by atoms with Crippen molar-refractivity contribution < 1.29 is 19.0 Å². The number of carbonyl (C=O) groups is 1. The molecule has 2 atom stereocenters. The minimum absolute atomic E-state index is 0. The molecule has 1 fully saturated rings. The maximum Gasteiger partial charge on any atom is 0.239 e. The Morgan fingerprint density at radius 1 is 1.25 bits per heavy atom. The molecule has 7 heteroatoms. The largest absolute Gasteiger partial charge is 0.493 e. The van der Waals surface area contributed by atoms with Crippen LogP contribution in [0.2, 0.25) is 0 Å². The van der Waals surface area contributed by atoms with Crippen LogP contribution in [-0.4, -0.2) is 50.8 Å². The highest BCUT2D eigenvalue weighted by atomic mass is 35.5. The second kappa shape index (κ2) is 9.33. The molecule has 1 aromatic carbocycles.